The third-order valence-electron chi connectivity index (χ3n) is 2.42. The largest absolute Gasteiger partial charge is 0.324 e. The summed E-state index contributed by atoms with van der Waals surface area (Å²) in [4.78, 5) is 3.56. The van der Waals surface area contributed by atoms with Crippen molar-refractivity contribution >= 4 is 11.8 Å². The molecular weight excluding hydrogens is 216 g/mol. The van der Waals surface area contributed by atoms with E-state index in [2.05, 4.69) is 43.3 Å². The molecule has 2 N–H and O–H groups in total. The van der Waals surface area contributed by atoms with Gasteiger partial charge in [0.2, 0.25) is 0 Å². The molecule has 0 aliphatic heterocycles. The first-order valence-corrected chi connectivity index (χ1v) is 6.71. The third-order valence-corrected chi connectivity index (χ3v) is 3.52. The summed E-state index contributed by atoms with van der Waals surface area (Å²) >= 11 is 1.92. The SMILES string of the molecule is CC(N)c1ccc(SCCCN(C)C)cc1. The summed E-state index contributed by atoms with van der Waals surface area (Å²) in [6.45, 7) is 3.17. The zero-order chi connectivity index (χ0) is 12.0. The lowest BCUT2D eigenvalue weighted by atomic mass is 10.1. The van der Waals surface area contributed by atoms with E-state index in [1.54, 1.807) is 0 Å². The summed E-state index contributed by atoms with van der Waals surface area (Å²) in [6.07, 6.45) is 1.23. The minimum atomic E-state index is 0.132. The zero-order valence-corrected chi connectivity index (χ0v) is 11.3. The van der Waals surface area contributed by atoms with Crippen molar-refractivity contribution in [1.82, 2.24) is 4.90 Å². The molecule has 16 heavy (non-hydrogen) atoms. The van der Waals surface area contributed by atoms with Crippen LogP contribution in [0.15, 0.2) is 29.2 Å². The molecule has 0 bridgehead atoms. The molecule has 0 saturated carbocycles. The van der Waals surface area contributed by atoms with Crippen LogP contribution in [0.2, 0.25) is 0 Å². The third kappa shape index (κ3) is 5.01. The van der Waals surface area contributed by atoms with E-state index < -0.39 is 0 Å². The summed E-state index contributed by atoms with van der Waals surface area (Å²) in [5, 5.41) is 0. The highest BCUT2D eigenvalue weighted by Crippen LogP contribution is 2.20. The Balaban J connectivity index is 2.32. The summed E-state index contributed by atoms with van der Waals surface area (Å²) in [5.41, 5.74) is 7.01. The predicted molar refractivity (Wildman–Crippen MR) is 72.9 cm³/mol. The molecule has 0 radical (unpaired) electrons. The summed E-state index contributed by atoms with van der Waals surface area (Å²) in [5.74, 6) is 1.18. The Kier molecular flexibility index (Phi) is 5.88. The van der Waals surface area contributed by atoms with Crippen molar-refractivity contribution in [3.8, 4) is 0 Å². The molecule has 90 valence electrons. The highest BCUT2D eigenvalue weighted by Gasteiger charge is 1.99. The van der Waals surface area contributed by atoms with Crippen molar-refractivity contribution in [2.75, 3.05) is 26.4 Å². The number of hydrogen-bond donors (Lipinski definition) is 1. The van der Waals surface area contributed by atoms with Gasteiger partial charge in [0.05, 0.1) is 0 Å². The maximum Gasteiger partial charge on any atom is 0.0266 e. The molecule has 0 saturated heterocycles. The molecule has 0 amide bonds. The predicted octanol–water partition coefficient (Wildman–Crippen LogP) is 2.75. The molecule has 1 rings (SSSR count). The maximum absolute atomic E-state index is 5.81. The Hall–Kier alpha value is -0.510. The van der Waals surface area contributed by atoms with E-state index >= 15 is 0 Å². The summed E-state index contributed by atoms with van der Waals surface area (Å²) < 4.78 is 0. The van der Waals surface area contributed by atoms with Gasteiger partial charge in [0.25, 0.3) is 0 Å². The van der Waals surface area contributed by atoms with Crippen LogP contribution in [0, 0.1) is 0 Å². The lowest BCUT2D eigenvalue weighted by Gasteiger charge is -2.09. The Morgan fingerprint density at radius 3 is 2.38 bits per heavy atom. The normalized spacial score (nSPS) is 13.1. The second-order valence-electron chi connectivity index (χ2n) is 4.36. The van der Waals surface area contributed by atoms with Crippen LogP contribution in [0.5, 0.6) is 0 Å². The topological polar surface area (TPSA) is 29.3 Å². The van der Waals surface area contributed by atoms with Crippen LogP contribution in [-0.4, -0.2) is 31.3 Å². The smallest absolute Gasteiger partial charge is 0.0266 e. The molecule has 0 aliphatic carbocycles. The molecule has 1 atom stereocenters. The number of nitrogens with zero attached hydrogens (tertiary/aromatic N) is 1. The van der Waals surface area contributed by atoms with E-state index in [1.165, 1.54) is 22.6 Å². The Labute approximate surface area is 103 Å². The van der Waals surface area contributed by atoms with E-state index in [-0.39, 0.29) is 6.04 Å². The number of benzene rings is 1. The van der Waals surface area contributed by atoms with Gasteiger partial charge in [-0.05, 0) is 57.4 Å². The van der Waals surface area contributed by atoms with E-state index in [1.807, 2.05) is 18.7 Å². The van der Waals surface area contributed by atoms with Crippen LogP contribution in [0.25, 0.3) is 0 Å². The van der Waals surface area contributed by atoms with Gasteiger partial charge in [0.15, 0.2) is 0 Å². The van der Waals surface area contributed by atoms with Gasteiger partial charge in [-0.25, -0.2) is 0 Å². The number of rotatable bonds is 6. The quantitative estimate of drug-likeness (QED) is 0.610. The summed E-state index contributed by atoms with van der Waals surface area (Å²) in [7, 11) is 4.23. The first kappa shape index (κ1) is 13.6. The van der Waals surface area contributed by atoms with Crippen molar-refractivity contribution in [3.05, 3.63) is 29.8 Å². The molecule has 0 spiro atoms. The monoisotopic (exact) mass is 238 g/mol. The zero-order valence-electron chi connectivity index (χ0n) is 10.4. The van der Waals surface area contributed by atoms with Gasteiger partial charge in [0, 0.05) is 10.9 Å². The van der Waals surface area contributed by atoms with E-state index in [0.29, 0.717) is 0 Å². The van der Waals surface area contributed by atoms with Crippen molar-refractivity contribution in [3.63, 3.8) is 0 Å². The average Bonchev–Trinajstić information content (AvgIpc) is 2.25. The molecule has 1 aromatic carbocycles. The van der Waals surface area contributed by atoms with Crippen LogP contribution < -0.4 is 5.73 Å². The maximum atomic E-state index is 5.81. The fourth-order valence-corrected chi connectivity index (χ4v) is 2.28. The highest BCUT2D eigenvalue weighted by atomic mass is 32.2. The molecular formula is C13H22N2S. The van der Waals surface area contributed by atoms with Gasteiger partial charge in [-0.2, -0.15) is 0 Å². The van der Waals surface area contributed by atoms with Gasteiger partial charge >= 0.3 is 0 Å². The van der Waals surface area contributed by atoms with Crippen molar-refractivity contribution in [2.24, 2.45) is 5.73 Å². The molecule has 3 heteroatoms. The van der Waals surface area contributed by atoms with Crippen molar-refractivity contribution in [2.45, 2.75) is 24.3 Å². The molecule has 0 heterocycles. The minimum Gasteiger partial charge on any atom is -0.324 e. The molecule has 0 fully saturated rings. The van der Waals surface area contributed by atoms with Crippen LogP contribution in [0.3, 0.4) is 0 Å². The van der Waals surface area contributed by atoms with Crippen molar-refractivity contribution in [1.29, 1.82) is 0 Å². The highest BCUT2D eigenvalue weighted by molar-refractivity contribution is 7.99. The van der Waals surface area contributed by atoms with E-state index in [0.717, 1.165) is 6.54 Å². The van der Waals surface area contributed by atoms with Gasteiger partial charge < -0.3 is 10.6 Å². The first-order valence-electron chi connectivity index (χ1n) is 5.72. The van der Waals surface area contributed by atoms with Crippen LogP contribution in [-0.2, 0) is 0 Å². The average molecular weight is 238 g/mol. The molecule has 1 unspecified atom stereocenters. The van der Waals surface area contributed by atoms with Crippen LogP contribution in [0.4, 0.5) is 0 Å². The van der Waals surface area contributed by atoms with Crippen LogP contribution in [0.1, 0.15) is 24.9 Å². The molecule has 0 aromatic heterocycles. The fourth-order valence-electron chi connectivity index (χ4n) is 1.44. The number of thioether (sulfide) groups is 1. The van der Waals surface area contributed by atoms with Gasteiger partial charge in [-0.1, -0.05) is 12.1 Å². The number of nitrogens with two attached hydrogens (primary N) is 1. The number of hydrogen-bond acceptors (Lipinski definition) is 3. The van der Waals surface area contributed by atoms with E-state index in [4.69, 9.17) is 5.73 Å². The van der Waals surface area contributed by atoms with Crippen LogP contribution >= 0.6 is 11.8 Å². The molecule has 1 aromatic rings. The molecule has 2 nitrogen and oxygen atoms in total. The molecule has 0 aliphatic rings. The van der Waals surface area contributed by atoms with E-state index in [9.17, 15) is 0 Å². The summed E-state index contributed by atoms with van der Waals surface area (Å²) in [6, 6.07) is 8.71. The second-order valence-corrected chi connectivity index (χ2v) is 5.53. The Bertz CT molecular complexity index is 293. The van der Waals surface area contributed by atoms with Crippen molar-refractivity contribution < 1.29 is 0 Å². The fraction of sp³-hybridized carbons (Fsp3) is 0.538. The van der Waals surface area contributed by atoms with Gasteiger partial charge in [0.1, 0.15) is 0 Å². The Morgan fingerprint density at radius 1 is 1.25 bits per heavy atom. The van der Waals surface area contributed by atoms with Gasteiger partial charge in [-0.15, -0.1) is 11.8 Å². The van der Waals surface area contributed by atoms with Gasteiger partial charge in [-0.3, -0.25) is 0 Å². The standard InChI is InChI=1S/C13H22N2S/c1-11(14)12-5-7-13(8-6-12)16-10-4-9-15(2)3/h5-8,11H,4,9-10,14H2,1-3H3. The lowest BCUT2D eigenvalue weighted by molar-refractivity contribution is 0.410. The lowest BCUT2D eigenvalue weighted by Crippen LogP contribution is -2.13. The minimum absolute atomic E-state index is 0.132. The Morgan fingerprint density at radius 2 is 1.88 bits per heavy atom. The second kappa shape index (κ2) is 6.94. The first-order chi connectivity index (χ1) is 7.59.